The van der Waals surface area contributed by atoms with Crippen molar-refractivity contribution in [3.63, 3.8) is 0 Å². The Labute approximate surface area is 151 Å². The fourth-order valence-corrected chi connectivity index (χ4v) is 3.45. The van der Waals surface area contributed by atoms with E-state index in [1.807, 2.05) is 0 Å². The molecule has 0 saturated carbocycles. The van der Waals surface area contributed by atoms with E-state index in [0.29, 0.717) is 17.0 Å². The van der Waals surface area contributed by atoms with Gasteiger partial charge in [-0.15, -0.1) is 0 Å². The van der Waals surface area contributed by atoms with Crippen LogP contribution in [-0.4, -0.2) is 21.6 Å². The zero-order valence-electron chi connectivity index (χ0n) is 13.3. The largest absolute Gasteiger partial charge is 0.408 e. The van der Waals surface area contributed by atoms with Crippen LogP contribution in [0.3, 0.4) is 0 Å². The maximum atomic E-state index is 14.0. The zero-order valence-corrected chi connectivity index (χ0v) is 14.9. The van der Waals surface area contributed by atoms with Crippen LogP contribution < -0.4 is 5.56 Å². The first-order chi connectivity index (χ1) is 11.6. The quantitative estimate of drug-likeness (QED) is 0.537. The fourth-order valence-electron chi connectivity index (χ4n) is 2.24. The summed E-state index contributed by atoms with van der Waals surface area (Å²) in [4.78, 5) is 11.3. The number of hydrogen-bond donors (Lipinski definition) is 0. The van der Waals surface area contributed by atoms with Crippen LogP contribution in [0.15, 0.2) is 46.2 Å². The molecule has 3 nitrogen and oxygen atoms in total. The Morgan fingerprint density at radius 3 is 2.40 bits per heavy atom. The summed E-state index contributed by atoms with van der Waals surface area (Å²) in [6.07, 6.45) is -3.39. The minimum absolute atomic E-state index is 0.000248. The van der Waals surface area contributed by atoms with Crippen molar-refractivity contribution >= 4 is 23.5 Å². The first kappa shape index (κ1) is 19.8. The number of benzene rings is 1. The van der Waals surface area contributed by atoms with Gasteiger partial charge in [-0.05, 0) is 29.6 Å². The molecule has 1 aromatic carbocycles. The molecule has 0 fully saturated rings. The van der Waals surface area contributed by atoms with Gasteiger partial charge in [-0.2, -0.15) is 13.2 Å². The monoisotopic (exact) mass is 394 g/mol. The van der Waals surface area contributed by atoms with Crippen LogP contribution in [0.2, 0.25) is 5.02 Å². The molecule has 1 atom stereocenters. The second-order valence-corrected chi connectivity index (χ2v) is 6.78. The first-order valence-electron chi connectivity index (χ1n) is 7.26. The Kier molecular flexibility index (Phi) is 6.18. The number of nitrogens with zero attached hydrogens (tertiary/aromatic N) is 2. The van der Waals surface area contributed by atoms with Gasteiger partial charge in [-0.25, -0.2) is 8.70 Å². The van der Waals surface area contributed by atoms with Gasteiger partial charge >= 0.3 is 6.18 Å². The topological polar surface area (TPSA) is 25.2 Å². The second-order valence-electron chi connectivity index (χ2n) is 5.26. The van der Waals surface area contributed by atoms with Gasteiger partial charge in [-0.3, -0.25) is 4.79 Å². The lowest BCUT2D eigenvalue weighted by molar-refractivity contribution is -0.172. The summed E-state index contributed by atoms with van der Waals surface area (Å²) in [6.45, 7) is 1.54. The summed E-state index contributed by atoms with van der Waals surface area (Å²) in [7, 11) is 1.41. The molecule has 0 aliphatic rings. The lowest BCUT2D eigenvalue weighted by Gasteiger charge is -2.31. The van der Waals surface area contributed by atoms with Crippen molar-refractivity contribution in [2.75, 3.05) is 6.54 Å². The first-order valence-corrected chi connectivity index (χ1v) is 8.41. The number of alkyl halides is 3. The van der Waals surface area contributed by atoms with Gasteiger partial charge in [-0.1, -0.05) is 30.7 Å². The normalized spacial score (nSPS) is 13.3. The van der Waals surface area contributed by atoms with Gasteiger partial charge in [0.15, 0.2) is 0 Å². The average molecular weight is 395 g/mol. The van der Waals surface area contributed by atoms with Gasteiger partial charge in [0.1, 0.15) is 11.9 Å². The zero-order chi connectivity index (χ0) is 18.8. The molecular formula is C16H15ClF4N2OS. The summed E-state index contributed by atoms with van der Waals surface area (Å²) >= 11 is 6.36. The van der Waals surface area contributed by atoms with Gasteiger partial charge < -0.3 is 4.57 Å². The molecule has 0 N–H and O–H groups in total. The third-order valence-electron chi connectivity index (χ3n) is 3.46. The Morgan fingerprint density at radius 1 is 1.28 bits per heavy atom. The highest BCUT2D eigenvalue weighted by Crippen LogP contribution is 2.43. The fraction of sp³-hybridized carbons (Fsp3) is 0.312. The van der Waals surface area contributed by atoms with E-state index < -0.39 is 23.6 Å². The van der Waals surface area contributed by atoms with Crippen LogP contribution in [0.25, 0.3) is 0 Å². The van der Waals surface area contributed by atoms with E-state index in [9.17, 15) is 22.4 Å². The van der Waals surface area contributed by atoms with Crippen molar-refractivity contribution < 1.29 is 17.6 Å². The number of aryl methyl sites for hydroxylation is 1. The maximum absolute atomic E-state index is 14.0. The Balaban J connectivity index is 2.42. The number of pyridine rings is 1. The average Bonchev–Trinajstić information content (AvgIpc) is 2.52. The molecule has 0 aliphatic carbocycles. The number of aromatic nitrogens is 1. The summed E-state index contributed by atoms with van der Waals surface area (Å²) in [5, 5.41) is 0.324. The van der Waals surface area contributed by atoms with E-state index in [4.69, 9.17) is 11.6 Å². The second kappa shape index (κ2) is 7.80. The SMILES string of the molecule is CCN(Sc1cn(C)c(=O)cc1F)C(c1ccc(Cl)cc1)C(F)(F)F. The van der Waals surface area contributed by atoms with Crippen LogP contribution in [0.5, 0.6) is 0 Å². The van der Waals surface area contributed by atoms with Gasteiger partial charge in [0.2, 0.25) is 0 Å². The minimum atomic E-state index is -4.58. The molecule has 136 valence electrons. The molecule has 1 heterocycles. The van der Waals surface area contributed by atoms with E-state index in [0.717, 1.165) is 14.9 Å². The molecule has 0 bridgehead atoms. The molecule has 2 aromatic rings. The Hall–Kier alpha value is -1.51. The van der Waals surface area contributed by atoms with Crippen molar-refractivity contribution in [2.24, 2.45) is 7.05 Å². The highest BCUT2D eigenvalue weighted by Gasteiger charge is 2.45. The summed E-state index contributed by atoms with van der Waals surface area (Å²) in [5.41, 5.74) is -0.577. The molecule has 0 radical (unpaired) electrons. The minimum Gasteiger partial charge on any atom is -0.317 e. The van der Waals surface area contributed by atoms with Crippen molar-refractivity contribution in [2.45, 2.75) is 24.0 Å². The van der Waals surface area contributed by atoms with Gasteiger partial charge in [0.05, 0.1) is 4.90 Å². The number of halogens is 5. The summed E-state index contributed by atoms with van der Waals surface area (Å²) in [6, 6.07) is 4.14. The van der Waals surface area contributed by atoms with Crippen molar-refractivity contribution in [3.8, 4) is 0 Å². The molecule has 0 aliphatic heterocycles. The highest BCUT2D eigenvalue weighted by molar-refractivity contribution is 7.97. The van der Waals surface area contributed by atoms with Crippen LogP contribution in [-0.2, 0) is 7.05 Å². The molecule has 1 unspecified atom stereocenters. The van der Waals surface area contributed by atoms with Crippen molar-refractivity contribution in [3.05, 3.63) is 63.3 Å². The van der Waals surface area contributed by atoms with E-state index in [1.54, 1.807) is 6.92 Å². The van der Waals surface area contributed by atoms with E-state index in [-0.39, 0.29) is 17.0 Å². The maximum Gasteiger partial charge on any atom is 0.408 e. The lowest BCUT2D eigenvalue weighted by Crippen LogP contribution is -2.34. The van der Waals surface area contributed by atoms with Crippen LogP contribution in [0, 0.1) is 5.82 Å². The molecule has 1 aromatic heterocycles. The van der Waals surface area contributed by atoms with Crippen molar-refractivity contribution in [1.82, 2.24) is 8.87 Å². The predicted octanol–water partition coefficient (Wildman–Crippen LogP) is 4.81. The van der Waals surface area contributed by atoms with Crippen LogP contribution >= 0.6 is 23.5 Å². The Morgan fingerprint density at radius 2 is 1.88 bits per heavy atom. The summed E-state index contributed by atoms with van der Waals surface area (Å²) < 4.78 is 57.1. The predicted molar refractivity (Wildman–Crippen MR) is 90.1 cm³/mol. The molecular weight excluding hydrogens is 380 g/mol. The summed E-state index contributed by atoms with van der Waals surface area (Å²) in [5.74, 6) is -0.858. The van der Waals surface area contributed by atoms with Crippen LogP contribution in [0.4, 0.5) is 17.6 Å². The van der Waals surface area contributed by atoms with Crippen LogP contribution in [0.1, 0.15) is 18.5 Å². The third-order valence-corrected chi connectivity index (χ3v) is 4.91. The number of hydrogen-bond acceptors (Lipinski definition) is 3. The highest BCUT2D eigenvalue weighted by atomic mass is 35.5. The number of rotatable bonds is 5. The standard InChI is InChI=1S/C16H15ClF4N2OS/c1-3-23(25-13-9-22(2)14(24)8-12(13)18)15(16(19,20)21)10-4-6-11(17)7-5-10/h4-9,15H,3H2,1-2H3. The third kappa shape index (κ3) is 4.77. The molecule has 0 saturated heterocycles. The van der Waals surface area contributed by atoms with Crippen molar-refractivity contribution in [1.29, 1.82) is 0 Å². The van der Waals surface area contributed by atoms with E-state index in [1.165, 1.54) is 37.5 Å². The molecule has 9 heteroatoms. The molecule has 2 rings (SSSR count). The molecule has 0 amide bonds. The van der Waals surface area contributed by atoms with Gasteiger partial charge in [0.25, 0.3) is 5.56 Å². The lowest BCUT2D eigenvalue weighted by atomic mass is 10.1. The van der Waals surface area contributed by atoms with E-state index in [2.05, 4.69) is 0 Å². The molecule has 0 spiro atoms. The Bertz CT molecular complexity index is 792. The van der Waals surface area contributed by atoms with Gasteiger partial charge in [0, 0.05) is 30.9 Å². The smallest absolute Gasteiger partial charge is 0.317 e. The van der Waals surface area contributed by atoms with E-state index >= 15 is 0 Å². The molecule has 25 heavy (non-hydrogen) atoms.